The first-order valence-corrected chi connectivity index (χ1v) is 12.7. The van der Waals surface area contributed by atoms with Gasteiger partial charge in [-0.2, -0.15) is 0 Å². The molecule has 6 nitrogen and oxygen atoms in total. The van der Waals surface area contributed by atoms with Gasteiger partial charge in [0.15, 0.2) is 11.6 Å². The lowest BCUT2D eigenvalue weighted by atomic mass is 9.89. The summed E-state index contributed by atoms with van der Waals surface area (Å²) in [6.45, 7) is 4.03. The second kappa shape index (κ2) is 11.7. The van der Waals surface area contributed by atoms with Crippen LogP contribution in [-0.2, 0) is 11.3 Å². The largest absolute Gasteiger partial charge is 0.573 e. The Labute approximate surface area is 214 Å². The minimum absolute atomic E-state index is 0.138. The Kier molecular flexibility index (Phi) is 8.59. The van der Waals surface area contributed by atoms with Crippen LogP contribution >= 0.6 is 0 Å². The van der Waals surface area contributed by atoms with Crippen LogP contribution in [0.4, 0.5) is 23.2 Å². The summed E-state index contributed by atoms with van der Waals surface area (Å²) in [4.78, 5) is 16.9. The number of piperidine rings is 2. The van der Waals surface area contributed by atoms with Crippen LogP contribution in [-0.4, -0.2) is 60.6 Å². The molecule has 37 heavy (non-hydrogen) atoms. The molecule has 2 aromatic carbocycles. The summed E-state index contributed by atoms with van der Waals surface area (Å²) in [5.41, 5.74) is 0.158. The maximum atomic E-state index is 14.1. The van der Waals surface area contributed by atoms with E-state index in [1.54, 1.807) is 4.90 Å². The maximum absolute atomic E-state index is 14.1. The van der Waals surface area contributed by atoms with Gasteiger partial charge in [0.2, 0.25) is 0 Å². The van der Waals surface area contributed by atoms with Gasteiger partial charge in [-0.05, 0) is 56.0 Å². The SMILES string of the molecule is O=C(NCCC1CCN(Cc2ccccc2)CC1)C1(O)CCN(c2ccc(OC(F)(F)F)c(F)c2)CC1. The third-order valence-corrected chi connectivity index (χ3v) is 7.31. The van der Waals surface area contributed by atoms with Gasteiger partial charge in [0, 0.05) is 50.8 Å². The number of halogens is 4. The van der Waals surface area contributed by atoms with Crippen molar-refractivity contribution in [2.45, 2.75) is 50.6 Å². The lowest BCUT2D eigenvalue weighted by molar-refractivity contribution is -0.275. The second-order valence-electron chi connectivity index (χ2n) is 9.93. The number of hydrogen-bond acceptors (Lipinski definition) is 5. The summed E-state index contributed by atoms with van der Waals surface area (Å²) in [6, 6.07) is 13.6. The normalized spacial score (nSPS) is 19.0. The zero-order chi connectivity index (χ0) is 26.5. The van der Waals surface area contributed by atoms with Gasteiger partial charge in [0.05, 0.1) is 0 Å². The van der Waals surface area contributed by atoms with E-state index >= 15 is 0 Å². The summed E-state index contributed by atoms with van der Waals surface area (Å²) in [5.74, 6) is -1.90. The fraction of sp³-hybridized carbons (Fsp3) is 0.519. The van der Waals surface area contributed by atoms with E-state index in [2.05, 4.69) is 39.2 Å². The van der Waals surface area contributed by atoms with Gasteiger partial charge in [-0.3, -0.25) is 9.69 Å². The van der Waals surface area contributed by atoms with E-state index in [0.717, 1.165) is 51.0 Å². The molecule has 0 atom stereocenters. The molecule has 10 heteroatoms. The van der Waals surface area contributed by atoms with Gasteiger partial charge in [-0.25, -0.2) is 4.39 Å². The number of hydrogen-bond donors (Lipinski definition) is 2. The van der Waals surface area contributed by atoms with Crippen LogP contribution in [0.3, 0.4) is 0 Å². The third kappa shape index (κ3) is 7.58. The lowest BCUT2D eigenvalue weighted by Gasteiger charge is -2.38. The maximum Gasteiger partial charge on any atom is 0.573 e. The lowest BCUT2D eigenvalue weighted by Crippen LogP contribution is -2.54. The number of aliphatic hydroxyl groups is 1. The molecular formula is C27H33F4N3O3. The molecule has 2 saturated heterocycles. The van der Waals surface area contributed by atoms with Crippen molar-refractivity contribution in [1.29, 1.82) is 0 Å². The van der Waals surface area contributed by atoms with Crippen LogP contribution in [0.1, 0.15) is 37.7 Å². The molecule has 0 aliphatic carbocycles. The number of carbonyl (C=O) groups excluding carboxylic acids is 1. The number of nitrogens with one attached hydrogen (secondary N) is 1. The van der Waals surface area contributed by atoms with Gasteiger partial charge in [0.25, 0.3) is 5.91 Å². The molecule has 2 heterocycles. The van der Waals surface area contributed by atoms with Crippen molar-refractivity contribution in [3.05, 3.63) is 59.9 Å². The van der Waals surface area contributed by atoms with Crippen molar-refractivity contribution in [2.75, 3.05) is 37.6 Å². The van der Waals surface area contributed by atoms with Crippen molar-refractivity contribution >= 4 is 11.6 Å². The first kappa shape index (κ1) is 27.2. The molecule has 0 radical (unpaired) electrons. The van der Waals surface area contributed by atoms with Crippen molar-refractivity contribution in [3.8, 4) is 5.75 Å². The molecule has 202 valence electrons. The summed E-state index contributed by atoms with van der Waals surface area (Å²) < 4.78 is 54.8. The van der Waals surface area contributed by atoms with Gasteiger partial charge in [0.1, 0.15) is 5.60 Å². The zero-order valence-electron chi connectivity index (χ0n) is 20.6. The van der Waals surface area contributed by atoms with Crippen molar-refractivity contribution in [2.24, 2.45) is 5.92 Å². The van der Waals surface area contributed by atoms with Crippen LogP contribution in [0.5, 0.6) is 5.75 Å². The number of benzene rings is 2. The topological polar surface area (TPSA) is 65.0 Å². The number of anilines is 1. The summed E-state index contributed by atoms with van der Waals surface area (Å²) >= 11 is 0. The standard InChI is InChI=1S/C27H33F4N3O3/c28-23-18-22(6-7-24(23)37-27(29,30)31)34-16-11-26(36,12-17-34)25(35)32-13-8-20-9-14-33(15-10-20)19-21-4-2-1-3-5-21/h1-7,18,20,36H,8-17,19H2,(H,32,35). The molecule has 0 aromatic heterocycles. The third-order valence-electron chi connectivity index (χ3n) is 7.31. The van der Waals surface area contributed by atoms with Gasteiger partial charge in [-0.1, -0.05) is 30.3 Å². The molecule has 2 aliphatic heterocycles. The Bertz CT molecular complexity index is 1030. The number of amides is 1. The Morgan fingerprint density at radius 3 is 2.35 bits per heavy atom. The fourth-order valence-corrected chi connectivity index (χ4v) is 5.08. The molecule has 0 bridgehead atoms. The Morgan fingerprint density at radius 2 is 1.73 bits per heavy atom. The second-order valence-corrected chi connectivity index (χ2v) is 9.93. The predicted molar refractivity (Wildman–Crippen MR) is 132 cm³/mol. The highest BCUT2D eigenvalue weighted by atomic mass is 19.4. The summed E-state index contributed by atoms with van der Waals surface area (Å²) in [6.07, 6.45) is -1.69. The van der Waals surface area contributed by atoms with E-state index in [0.29, 0.717) is 18.2 Å². The van der Waals surface area contributed by atoms with Crippen LogP contribution in [0.25, 0.3) is 0 Å². The van der Waals surface area contributed by atoms with E-state index in [4.69, 9.17) is 0 Å². The minimum atomic E-state index is -4.98. The monoisotopic (exact) mass is 523 g/mol. The van der Waals surface area contributed by atoms with Crippen LogP contribution in [0, 0.1) is 11.7 Å². The highest BCUT2D eigenvalue weighted by Crippen LogP contribution is 2.32. The quantitative estimate of drug-likeness (QED) is 0.500. The van der Waals surface area contributed by atoms with E-state index < -0.39 is 29.4 Å². The Balaban J connectivity index is 1.17. The van der Waals surface area contributed by atoms with Gasteiger partial charge in [-0.15, -0.1) is 13.2 Å². The van der Waals surface area contributed by atoms with Gasteiger partial charge < -0.3 is 20.1 Å². The van der Waals surface area contributed by atoms with Crippen LogP contribution < -0.4 is 15.0 Å². The smallest absolute Gasteiger partial charge is 0.403 e. The summed E-state index contributed by atoms with van der Waals surface area (Å²) in [7, 11) is 0. The molecule has 0 spiro atoms. The highest BCUT2D eigenvalue weighted by Gasteiger charge is 2.39. The number of ether oxygens (including phenoxy) is 1. The van der Waals surface area contributed by atoms with E-state index in [1.165, 1.54) is 11.6 Å². The highest BCUT2D eigenvalue weighted by molar-refractivity contribution is 5.85. The first-order chi connectivity index (χ1) is 17.6. The molecule has 2 fully saturated rings. The molecule has 2 aromatic rings. The van der Waals surface area contributed by atoms with E-state index in [-0.39, 0.29) is 25.9 Å². The summed E-state index contributed by atoms with van der Waals surface area (Å²) in [5, 5.41) is 13.8. The number of rotatable bonds is 8. The van der Waals surface area contributed by atoms with Crippen molar-refractivity contribution < 1.29 is 32.2 Å². The average Bonchev–Trinajstić information content (AvgIpc) is 2.87. The predicted octanol–water partition coefficient (Wildman–Crippen LogP) is 4.47. The zero-order valence-corrected chi connectivity index (χ0v) is 20.6. The molecule has 0 saturated carbocycles. The van der Waals surface area contributed by atoms with Gasteiger partial charge >= 0.3 is 6.36 Å². The first-order valence-electron chi connectivity index (χ1n) is 12.7. The minimum Gasteiger partial charge on any atom is -0.403 e. The molecule has 0 unspecified atom stereocenters. The molecule has 2 N–H and O–H groups in total. The molecular weight excluding hydrogens is 490 g/mol. The van der Waals surface area contributed by atoms with Crippen molar-refractivity contribution in [3.63, 3.8) is 0 Å². The van der Waals surface area contributed by atoms with Crippen LogP contribution in [0.15, 0.2) is 48.5 Å². The molecule has 4 rings (SSSR count). The Hall–Kier alpha value is -2.85. The number of alkyl halides is 3. The number of carbonyl (C=O) groups is 1. The van der Waals surface area contributed by atoms with Crippen molar-refractivity contribution in [1.82, 2.24) is 10.2 Å². The van der Waals surface area contributed by atoms with E-state index in [9.17, 15) is 27.5 Å². The average molecular weight is 524 g/mol. The van der Waals surface area contributed by atoms with E-state index in [1.807, 2.05) is 6.07 Å². The number of likely N-dealkylation sites (tertiary alicyclic amines) is 1. The number of nitrogens with zero attached hydrogens (tertiary/aromatic N) is 2. The molecule has 1 amide bonds. The Morgan fingerprint density at radius 1 is 1.05 bits per heavy atom. The fourth-order valence-electron chi connectivity index (χ4n) is 5.08. The van der Waals surface area contributed by atoms with Crippen LogP contribution in [0.2, 0.25) is 0 Å². The molecule has 2 aliphatic rings.